The van der Waals surface area contributed by atoms with Crippen molar-refractivity contribution in [1.29, 1.82) is 0 Å². The summed E-state index contributed by atoms with van der Waals surface area (Å²) in [6.45, 7) is 3.80. The van der Waals surface area contributed by atoms with E-state index in [1.165, 1.54) is 6.33 Å². The second kappa shape index (κ2) is 8.81. The third-order valence-electron chi connectivity index (χ3n) is 5.50. The van der Waals surface area contributed by atoms with Crippen LogP contribution in [-0.4, -0.2) is 49.2 Å². The topological polar surface area (TPSA) is 94.3 Å². The Balaban J connectivity index is 1.36. The van der Waals surface area contributed by atoms with Gasteiger partial charge in [0, 0.05) is 40.9 Å². The van der Waals surface area contributed by atoms with E-state index >= 15 is 0 Å². The number of pyridine rings is 1. The van der Waals surface area contributed by atoms with E-state index < -0.39 is 12.0 Å². The summed E-state index contributed by atoms with van der Waals surface area (Å²) < 4.78 is 15.2. The van der Waals surface area contributed by atoms with Gasteiger partial charge < -0.3 is 24.5 Å². The van der Waals surface area contributed by atoms with Crippen molar-refractivity contribution in [2.45, 2.75) is 44.5 Å². The third-order valence-corrected chi connectivity index (χ3v) is 6.24. The summed E-state index contributed by atoms with van der Waals surface area (Å²) in [5, 5.41) is 15.9. The first kappa shape index (κ1) is 22.5. The van der Waals surface area contributed by atoms with Gasteiger partial charge in [0.2, 0.25) is 0 Å². The van der Waals surface area contributed by atoms with Crippen molar-refractivity contribution in [2.75, 3.05) is 11.9 Å². The minimum Gasteiger partial charge on any atom is -0.382 e. The van der Waals surface area contributed by atoms with Crippen LogP contribution >= 0.6 is 27.5 Å². The van der Waals surface area contributed by atoms with E-state index in [9.17, 15) is 5.11 Å². The summed E-state index contributed by atoms with van der Waals surface area (Å²) in [7, 11) is 0. The molecule has 0 amide bonds. The molecule has 3 aromatic heterocycles. The largest absolute Gasteiger partial charge is 0.382 e. The monoisotopic (exact) mass is 531 g/mol. The molecular formula is C23H23BrClN5O3. The molecule has 5 rings (SSSR count). The number of benzene rings is 1. The molecule has 0 radical (unpaired) electrons. The van der Waals surface area contributed by atoms with Crippen molar-refractivity contribution in [3.05, 3.63) is 58.7 Å². The predicted octanol–water partition coefficient (Wildman–Crippen LogP) is 4.91. The molecule has 1 fully saturated rings. The predicted molar refractivity (Wildman–Crippen MR) is 130 cm³/mol. The van der Waals surface area contributed by atoms with Crippen molar-refractivity contribution in [3.8, 4) is 0 Å². The van der Waals surface area contributed by atoms with Gasteiger partial charge in [-0.3, -0.25) is 4.98 Å². The average Bonchev–Trinajstić information content (AvgIpc) is 3.35. The van der Waals surface area contributed by atoms with Crippen LogP contribution in [0.15, 0.2) is 53.5 Å². The van der Waals surface area contributed by atoms with Crippen LogP contribution in [0.4, 0.5) is 5.69 Å². The molecule has 1 saturated heterocycles. The van der Waals surface area contributed by atoms with Crippen molar-refractivity contribution in [1.82, 2.24) is 19.5 Å². The fraction of sp³-hybridized carbons (Fsp3) is 0.348. The third kappa shape index (κ3) is 4.83. The van der Waals surface area contributed by atoms with Crippen molar-refractivity contribution >= 4 is 55.2 Å². The lowest BCUT2D eigenvalue weighted by molar-refractivity contribution is -0.222. The molecule has 172 valence electrons. The lowest BCUT2D eigenvalue weighted by Gasteiger charge is -2.27. The van der Waals surface area contributed by atoms with Gasteiger partial charge >= 0.3 is 0 Å². The molecule has 4 heterocycles. The van der Waals surface area contributed by atoms with E-state index in [2.05, 4.69) is 36.2 Å². The van der Waals surface area contributed by atoms with Gasteiger partial charge in [-0.05, 0) is 54.0 Å². The fourth-order valence-corrected chi connectivity index (χ4v) is 4.69. The fourth-order valence-electron chi connectivity index (χ4n) is 4.15. The van der Waals surface area contributed by atoms with Crippen LogP contribution in [-0.2, 0) is 9.47 Å². The summed E-state index contributed by atoms with van der Waals surface area (Å²) in [6, 6.07) is 9.95. The Hall–Kier alpha value is -2.30. The summed E-state index contributed by atoms with van der Waals surface area (Å²) in [6.07, 6.45) is 4.67. The Morgan fingerprint density at radius 1 is 1.27 bits per heavy atom. The molecule has 33 heavy (non-hydrogen) atoms. The summed E-state index contributed by atoms with van der Waals surface area (Å²) in [5.74, 6) is -1.30. The molecule has 0 aliphatic carbocycles. The normalized spacial score (nSPS) is 21.2. The molecule has 1 aromatic carbocycles. The maximum absolute atomic E-state index is 10.3. The quantitative estimate of drug-likeness (QED) is 0.269. The summed E-state index contributed by atoms with van der Waals surface area (Å²) in [5.41, 5.74) is 2.52. The number of halogens is 2. The first-order chi connectivity index (χ1) is 15.8. The highest BCUT2D eigenvalue weighted by atomic mass is 79.9. The van der Waals surface area contributed by atoms with Crippen molar-refractivity contribution in [3.63, 3.8) is 0 Å². The average molecular weight is 533 g/mol. The molecule has 2 N–H and O–H groups in total. The van der Waals surface area contributed by atoms with Gasteiger partial charge in [0.05, 0.1) is 17.0 Å². The van der Waals surface area contributed by atoms with Crippen LogP contribution < -0.4 is 5.32 Å². The van der Waals surface area contributed by atoms with Gasteiger partial charge in [-0.1, -0.05) is 17.7 Å². The number of ether oxygens (including phenoxy) is 2. The standard InChI is InChI=1S/C23H23BrClN5O3/c1-23(2,31)33-19-9-16(11-26-15-4-3-13-7-14(24)10-27-18(13)8-15)32-22(19)30-6-5-17-20(25)28-12-29-21(17)30/h3-8,10,12,16,19,22,26,31H,9,11H2,1-2H3/t16?,19-,22?/m1/s1. The van der Waals surface area contributed by atoms with Gasteiger partial charge in [0.15, 0.2) is 12.0 Å². The second-order valence-corrected chi connectivity index (χ2v) is 9.83. The first-order valence-electron chi connectivity index (χ1n) is 10.6. The summed E-state index contributed by atoms with van der Waals surface area (Å²) in [4.78, 5) is 12.9. The zero-order valence-corrected chi connectivity index (χ0v) is 20.4. The number of hydrogen-bond donors (Lipinski definition) is 2. The number of rotatable bonds is 6. The van der Waals surface area contributed by atoms with Gasteiger partial charge in [-0.25, -0.2) is 9.97 Å². The second-order valence-electron chi connectivity index (χ2n) is 8.55. The molecule has 3 atom stereocenters. The molecule has 2 unspecified atom stereocenters. The lowest BCUT2D eigenvalue weighted by Crippen LogP contribution is -2.33. The molecule has 1 aliphatic heterocycles. The van der Waals surface area contributed by atoms with Crippen LogP contribution in [0.5, 0.6) is 0 Å². The number of anilines is 1. The number of aliphatic hydroxyl groups is 1. The molecule has 10 heteroatoms. The molecule has 1 aliphatic rings. The molecule has 0 bridgehead atoms. The number of aromatic nitrogens is 4. The smallest absolute Gasteiger partial charge is 0.162 e. The zero-order chi connectivity index (χ0) is 23.2. The van der Waals surface area contributed by atoms with E-state index in [-0.39, 0.29) is 12.2 Å². The Labute approximate surface area is 204 Å². The summed E-state index contributed by atoms with van der Waals surface area (Å²) >= 11 is 9.67. The maximum Gasteiger partial charge on any atom is 0.162 e. The van der Waals surface area contributed by atoms with Crippen LogP contribution in [0.1, 0.15) is 26.5 Å². The Kier molecular flexibility index (Phi) is 6.00. The Bertz CT molecular complexity index is 1310. The van der Waals surface area contributed by atoms with E-state index in [4.69, 9.17) is 21.1 Å². The van der Waals surface area contributed by atoms with Crippen LogP contribution in [0.2, 0.25) is 5.15 Å². The van der Waals surface area contributed by atoms with Crippen LogP contribution in [0.3, 0.4) is 0 Å². The molecule has 4 aromatic rings. The van der Waals surface area contributed by atoms with Gasteiger partial charge in [-0.2, -0.15) is 0 Å². The number of fused-ring (bicyclic) bond motifs is 2. The molecule has 0 spiro atoms. The van der Waals surface area contributed by atoms with Crippen molar-refractivity contribution in [2.24, 2.45) is 0 Å². The number of nitrogens with one attached hydrogen (secondary N) is 1. The first-order valence-corrected chi connectivity index (χ1v) is 11.8. The van der Waals surface area contributed by atoms with E-state index in [1.807, 2.05) is 41.1 Å². The van der Waals surface area contributed by atoms with Crippen LogP contribution in [0.25, 0.3) is 21.9 Å². The van der Waals surface area contributed by atoms with Crippen LogP contribution in [0, 0.1) is 0 Å². The Morgan fingerprint density at radius 3 is 2.94 bits per heavy atom. The highest BCUT2D eigenvalue weighted by Crippen LogP contribution is 2.36. The Morgan fingerprint density at radius 2 is 2.12 bits per heavy atom. The SMILES string of the molecule is CC(C)(O)O[C@@H]1CC(CNc2ccc3cc(Br)cnc3c2)OC1n1ccc2c(Cl)ncnc21. The lowest BCUT2D eigenvalue weighted by atomic mass is 10.1. The van der Waals surface area contributed by atoms with Crippen molar-refractivity contribution < 1.29 is 14.6 Å². The molecular weight excluding hydrogens is 510 g/mol. The van der Waals surface area contributed by atoms with E-state index in [1.54, 1.807) is 20.0 Å². The highest BCUT2D eigenvalue weighted by Gasteiger charge is 2.40. The maximum atomic E-state index is 10.3. The van der Waals surface area contributed by atoms with E-state index in [0.717, 1.165) is 26.4 Å². The minimum atomic E-state index is -1.30. The van der Waals surface area contributed by atoms with E-state index in [0.29, 0.717) is 23.8 Å². The number of hydrogen-bond acceptors (Lipinski definition) is 7. The van der Waals surface area contributed by atoms with Gasteiger partial charge in [-0.15, -0.1) is 0 Å². The van der Waals surface area contributed by atoms with Gasteiger partial charge in [0.1, 0.15) is 23.2 Å². The number of nitrogens with zero attached hydrogens (tertiary/aromatic N) is 4. The molecule has 8 nitrogen and oxygen atoms in total. The van der Waals surface area contributed by atoms with Gasteiger partial charge in [0.25, 0.3) is 0 Å². The minimum absolute atomic E-state index is 0.148. The zero-order valence-electron chi connectivity index (χ0n) is 18.1. The molecule has 0 saturated carbocycles. The highest BCUT2D eigenvalue weighted by molar-refractivity contribution is 9.10.